The summed E-state index contributed by atoms with van der Waals surface area (Å²) in [6.07, 6.45) is 5.76. The van der Waals surface area contributed by atoms with Crippen molar-refractivity contribution in [3.05, 3.63) is 69.7 Å². The van der Waals surface area contributed by atoms with Crippen LogP contribution in [0.2, 0.25) is 10.0 Å². The number of rotatable bonds is 9. The molecule has 0 aliphatic heterocycles. The van der Waals surface area contributed by atoms with E-state index in [9.17, 15) is 0 Å². The Labute approximate surface area is 166 Å². The molecule has 2 aromatic carbocycles. The lowest BCUT2D eigenvalue weighted by molar-refractivity contribution is 0.139. The summed E-state index contributed by atoms with van der Waals surface area (Å²) < 4.78 is 5.29. The molecule has 2 nitrogen and oxygen atoms in total. The van der Waals surface area contributed by atoms with E-state index in [2.05, 4.69) is 47.8 Å². The summed E-state index contributed by atoms with van der Waals surface area (Å²) in [7, 11) is 1.77. The summed E-state index contributed by atoms with van der Waals surface area (Å²) in [6, 6.07) is 17.1. The molecular weight excluding hydrogens is 365 g/mol. The van der Waals surface area contributed by atoms with Crippen molar-refractivity contribution in [3.63, 3.8) is 0 Å². The Bertz CT molecular complexity index is 701. The SMILES string of the molecule is COCCCC(NCc1ccccc1)C1(c2ccc(Cl)c(Cl)c2)CCC1. The largest absolute Gasteiger partial charge is 0.385 e. The predicted molar refractivity (Wildman–Crippen MR) is 110 cm³/mol. The van der Waals surface area contributed by atoms with Gasteiger partial charge in [-0.3, -0.25) is 0 Å². The molecule has 140 valence electrons. The highest BCUT2D eigenvalue weighted by Crippen LogP contribution is 2.48. The minimum atomic E-state index is 0.136. The molecule has 1 aliphatic rings. The summed E-state index contributed by atoms with van der Waals surface area (Å²) in [6.45, 7) is 1.67. The van der Waals surface area contributed by atoms with Crippen molar-refractivity contribution in [2.24, 2.45) is 0 Å². The summed E-state index contributed by atoms with van der Waals surface area (Å²) in [5, 5.41) is 5.11. The highest BCUT2D eigenvalue weighted by molar-refractivity contribution is 6.42. The van der Waals surface area contributed by atoms with Crippen molar-refractivity contribution >= 4 is 23.2 Å². The Hall–Kier alpha value is -1.06. The summed E-state index contributed by atoms with van der Waals surface area (Å²) in [5.74, 6) is 0. The molecule has 2 aromatic rings. The van der Waals surface area contributed by atoms with Gasteiger partial charge in [0.1, 0.15) is 0 Å². The van der Waals surface area contributed by atoms with Gasteiger partial charge in [0.05, 0.1) is 10.0 Å². The van der Waals surface area contributed by atoms with Gasteiger partial charge < -0.3 is 10.1 Å². The van der Waals surface area contributed by atoms with E-state index < -0.39 is 0 Å². The first kappa shape index (κ1) is 19.7. The average molecular weight is 392 g/mol. The third-order valence-electron chi connectivity index (χ3n) is 5.64. The zero-order valence-corrected chi connectivity index (χ0v) is 16.8. The van der Waals surface area contributed by atoms with Crippen molar-refractivity contribution in [1.82, 2.24) is 5.32 Å². The van der Waals surface area contributed by atoms with E-state index in [0.29, 0.717) is 16.1 Å². The second-order valence-corrected chi connectivity index (χ2v) is 8.01. The zero-order valence-electron chi connectivity index (χ0n) is 15.3. The van der Waals surface area contributed by atoms with Crippen LogP contribution in [0.4, 0.5) is 0 Å². The Balaban J connectivity index is 1.81. The highest BCUT2D eigenvalue weighted by atomic mass is 35.5. The highest BCUT2D eigenvalue weighted by Gasteiger charge is 2.45. The molecule has 0 heterocycles. The summed E-state index contributed by atoms with van der Waals surface area (Å²) in [5.41, 5.74) is 2.76. The Morgan fingerprint density at radius 3 is 2.46 bits per heavy atom. The van der Waals surface area contributed by atoms with Gasteiger partial charge in [0.15, 0.2) is 0 Å². The van der Waals surface area contributed by atoms with E-state index in [1.54, 1.807) is 7.11 Å². The zero-order chi connectivity index (χ0) is 18.4. The number of ether oxygens (including phenoxy) is 1. The quantitative estimate of drug-likeness (QED) is 0.529. The molecule has 4 heteroatoms. The number of hydrogen-bond acceptors (Lipinski definition) is 2. The molecule has 1 atom stereocenters. The van der Waals surface area contributed by atoms with E-state index in [-0.39, 0.29) is 5.41 Å². The number of benzene rings is 2. The van der Waals surface area contributed by atoms with Gasteiger partial charge in [-0.05, 0) is 48.9 Å². The second kappa shape index (κ2) is 9.23. The minimum absolute atomic E-state index is 0.136. The minimum Gasteiger partial charge on any atom is -0.385 e. The van der Waals surface area contributed by atoms with Crippen LogP contribution in [0.5, 0.6) is 0 Å². The fraction of sp³-hybridized carbons (Fsp3) is 0.455. The predicted octanol–water partition coefficient (Wildman–Crippen LogP) is 6.00. The number of halogens is 2. The molecule has 0 radical (unpaired) electrons. The Morgan fingerprint density at radius 1 is 1.08 bits per heavy atom. The van der Waals surface area contributed by atoms with Gasteiger partial charge in [-0.25, -0.2) is 0 Å². The summed E-state index contributed by atoms with van der Waals surface area (Å²) >= 11 is 12.5. The fourth-order valence-electron chi connectivity index (χ4n) is 4.04. The molecular formula is C22H27Cl2NO. The third-order valence-corrected chi connectivity index (χ3v) is 6.38. The van der Waals surface area contributed by atoms with E-state index in [0.717, 1.165) is 26.0 Å². The van der Waals surface area contributed by atoms with Crippen LogP contribution in [-0.4, -0.2) is 19.8 Å². The van der Waals surface area contributed by atoms with Crippen LogP contribution in [0.3, 0.4) is 0 Å². The molecule has 0 spiro atoms. The van der Waals surface area contributed by atoms with Gasteiger partial charge in [0.25, 0.3) is 0 Å². The molecule has 0 aromatic heterocycles. The lowest BCUT2D eigenvalue weighted by atomic mass is 9.59. The van der Waals surface area contributed by atoms with Crippen LogP contribution >= 0.6 is 23.2 Å². The van der Waals surface area contributed by atoms with Crippen molar-refractivity contribution in [2.75, 3.05) is 13.7 Å². The van der Waals surface area contributed by atoms with Gasteiger partial charge in [-0.15, -0.1) is 0 Å². The maximum Gasteiger partial charge on any atom is 0.0595 e. The van der Waals surface area contributed by atoms with E-state index in [1.807, 2.05) is 6.07 Å². The molecule has 26 heavy (non-hydrogen) atoms. The molecule has 3 rings (SSSR count). The van der Waals surface area contributed by atoms with Crippen LogP contribution in [-0.2, 0) is 16.7 Å². The van der Waals surface area contributed by atoms with Gasteiger partial charge in [-0.2, -0.15) is 0 Å². The van der Waals surface area contributed by atoms with E-state index in [1.165, 1.54) is 30.4 Å². The monoisotopic (exact) mass is 391 g/mol. The lowest BCUT2D eigenvalue weighted by Gasteiger charge is -2.49. The van der Waals surface area contributed by atoms with Gasteiger partial charge in [-0.1, -0.05) is 66.0 Å². The van der Waals surface area contributed by atoms with Crippen molar-refractivity contribution in [3.8, 4) is 0 Å². The molecule has 1 aliphatic carbocycles. The molecule has 1 fully saturated rings. The first-order chi connectivity index (χ1) is 12.7. The van der Waals surface area contributed by atoms with Crippen molar-refractivity contribution < 1.29 is 4.74 Å². The van der Waals surface area contributed by atoms with Crippen LogP contribution < -0.4 is 5.32 Å². The van der Waals surface area contributed by atoms with Crippen LogP contribution in [0, 0.1) is 0 Å². The van der Waals surface area contributed by atoms with Gasteiger partial charge in [0, 0.05) is 31.7 Å². The third kappa shape index (κ3) is 4.43. The van der Waals surface area contributed by atoms with Gasteiger partial charge >= 0.3 is 0 Å². The standard InChI is InChI=1S/C22H27Cl2NO/c1-26-14-5-9-21(25-16-17-7-3-2-4-8-17)22(12-6-13-22)18-10-11-19(23)20(24)15-18/h2-4,7-8,10-11,15,21,25H,5-6,9,12-14,16H2,1H3. The first-order valence-corrected chi connectivity index (χ1v) is 10.1. The topological polar surface area (TPSA) is 21.3 Å². The van der Waals surface area contributed by atoms with Crippen LogP contribution in [0.15, 0.2) is 48.5 Å². The van der Waals surface area contributed by atoms with Crippen molar-refractivity contribution in [2.45, 2.75) is 50.1 Å². The lowest BCUT2D eigenvalue weighted by Crippen LogP contribution is -2.52. The number of nitrogens with one attached hydrogen (secondary N) is 1. The first-order valence-electron chi connectivity index (χ1n) is 9.37. The van der Waals surface area contributed by atoms with Crippen LogP contribution in [0.1, 0.15) is 43.2 Å². The molecule has 1 N–H and O–H groups in total. The van der Waals surface area contributed by atoms with E-state index in [4.69, 9.17) is 27.9 Å². The smallest absolute Gasteiger partial charge is 0.0595 e. The fourth-order valence-corrected chi connectivity index (χ4v) is 4.34. The molecule has 1 saturated carbocycles. The molecule has 0 amide bonds. The Kier molecular flexibility index (Phi) is 6.99. The maximum absolute atomic E-state index is 6.33. The number of hydrogen-bond donors (Lipinski definition) is 1. The Morgan fingerprint density at radius 2 is 1.85 bits per heavy atom. The maximum atomic E-state index is 6.33. The summed E-state index contributed by atoms with van der Waals surface area (Å²) in [4.78, 5) is 0. The number of methoxy groups -OCH3 is 1. The molecule has 0 bridgehead atoms. The molecule has 1 unspecified atom stereocenters. The second-order valence-electron chi connectivity index (χ2n) is 7.19. The normalized spacial score (nSPS) is 16.9. The average Bonchev–Trinajstić information content (AvgIpc) is 2.62. The van der Waals surface area contributed by atoms with Crippen LogP contribution in [0.25, 0.3) is 0 Å². The van der Waals surface area contributed by atoms with E-state index >= 15 is 0 Å². The van der Waals surface area contributed by atoms with Crippen molar-refractivity contribution in [1.29, 1.82) is 0 Å². The van der Waals surface area contributed by atoms with Gasteiger partial charge in [0.2, 0.25) is 0 Å². The molecule has 0 saturated heterocycles.